The fraction of sp³-hybridized carbons (Fsp3) is 0.125. The third-order valence-corrected chi connectivity index (χ3v) is 3.00. The summed E-state index contributed by atoms with van der Waals surface area (Å²) in [5, 5.41) is 9.57. The van der Waals surface area contributed by atoms with Crippen molar-refractivity contribution in [3.63, 3.8) is 0 Å². The van der Waals surface area contributed by atoms with Crippen LogP contribution in [-0.2, 0) is 14.4 Å². The summed E-state index contributed by atoms with van der Waals surface area (Å²) in [4.78, 5) is 46.5. The second-order valence-corrected chi connectivity index (χ2v) is 4.66. The van der Waals surface area contributed by atoms with Crippen molar-refractivity contribution in [3.8, 4) is 11.5 Å². The fourth-order valence-electron chi connectivity index (χ4n) is 1.96. The number of phenols is 1. The highest BCUT2D eigenvalue weighted by molar-refractivity contribution is 6.31. The minimum absolute atomic E-state index is 0.00704. The van der Waals surface area contributed by atoms with Crippen molar-refractivity contribution in [2.45, 2.75) is 13.8 Å². The maximum absolute atomic E-state index is 11.9. The van der Waals surface area contributed by atoms with Gasteiger partial charge in [0.05, 0.1) is 5.56 Å². The van der Waals surface area contributed by atoms with Crippen molar-refractivity contribution in [1.29, 1.82) is 0 Å². The van der Waals surface area contributed by atoms with Crippen molar-refractivity contribution < 1.29 is 29.0 Å². The minimum atomic E-state index is -0.623. The first-order chi connectivity index (χ1) is 10.3. The Hall–Kier alpha value is -3.02. The molecule has 6 nitrogen and oxygen atoms in total. The summed E-state index contributed by atoms with van der Waals surface area (Å²) in [7, 11) is 0. The van der Waals surface area contributed by atoms with E-state index >= 15 is 0 Å². The molecule has 1 N–H and O–H groups in total. The third-order valence-electron chi connectivity index (χ3n) is 3.00. The van der Waals surface area contributed by atoms with Gasteiger partial charge in [-0.25, -0.2) is 0 Å². The van der Waals surface area contributed by atoms with Gasteiger partial charge in [0.15, 0.2) is 23.1 Å². The number of ether oxygens (including phenoxy) is 1. The van der Waals surface area contributed by atoms with Crippen LogP contribution in [0.2, 0.25) is 0 Å². The molecule has 0 atom stereocenters. The standard InChI is InChI=1S/C16H12O6/c1-8(17)11-7-10(3-4-12(11)19)22-16-14(21)6-5-13(20)15(16)9(2)18/h3-7,19H,1-2H3. The summed E-state index contributed by atoms with van der Waals surface area (Å²) in [6.07, 6.45) is 2.01. The molecule has 0 spiro atoms. The Morgan fingerprint density at radius 3 is 2.23 bits per heavy atom. The molecule has 0 unspecified atom stereocenters. The first kappa shape index (κ1) is 15.4. The number of ketones is 4. The number of carbonyl (C=O) groups is 4. The lowest BCUT2D eigenvalue weighted by molar-refractivity contribution is -0.121. The SMILES string of the molecule is CC(=O)C1=C(Oc2ccc(O)c(C(C)=O)c2)C(=O)C=CC1=O. The molecule has 2 rings (SSSR count). The van der Waals surface area contributed by atoms with Crippen LogP contribution >= 0.6 is 0 Å². The van der Waals surface area contributed by atoms with Crippen LogP contribution in [0.3, 0.4) is 0 Å². The summed E-state index contributed by atoms with van der Waals surface area (Å²) in [6, 6.07) is 3.78. The quantitative estimate of drug-likeness (QED) is 0.514. The maximum Gasteiger partial charge on any atom is 0.222 e. The van der Waals surface area contributed by atoms with Gasteiger partial charge in [0.1, 0.15) is 17.1 Å². The smallest absolute Gasteiger partial charge is 0.222 e. The number of aromatic hydroxyl groups is 1. The van der Waals surface area contributed by atoms with Crippen molar-refractivity contribution in [2.24, 2.45) is 0 Å². The van der Waals surface area contributed by atoms with E-state index in [0.29, 0.717) is 0 Å². The Morgan fingerprint density at radius 2 is 1.64 bits per heavy atom. The van der Waals surface area contributed by atoms with Crippen LogP contribution in [0.1, 0.15) is 24.2 Å². The molecule has 0 saturated heterocycles. The average molecular weight is 300 g/mol. The number of phenolic OH excluding ortho intramolecular Hbond substituents is 1. The first-order valence-electron chi connectivity index (χ1n) is 6.35. The number of rotatable bonds is 4. The summed E-state index contributed by atoms with van der Waals surface area (Å²) in [5.41, 5.74) is -0.336. The van der Waals surface area contributed by atoms with Gasteiger partial charge < -0.3 is 9.84 Å². The van der Waals surface area contributed by atoms with Crippen molar-refractivity contribution in [2.75, 3.05) is 0 Å². The van der Waals surface area contributed by atoms with Crippen LogP contribution in [0, 0.1) is 0 Å². The van der Waals surface area contributed by atoms with Gasteiger partial charge in [-0.2, -0.15) is 0 Å². The van der Waals surface area contributed by atoms with Crippen LogP contribution in [-0.4, -0.2) is 28.2 Å². The van der Waals surface area contributed by atoms with Crippen LogP contribution in [0.15, 0.2) is 41.7 Å². The molecule has 1 aromatic carbocycles. The van der Waals surface area contributed by atoms with Crippen molar-refractivity contribution in [1.82, 2.24) is 0 Å². The van der Waals surface area contributed by atoms with Gasteiger partial charge in [-0.15, -0.1) is 0 Å². The number of hydrogen-bond donors (Lipinski definition) is 1. The van der Waals surface area contributed by atoms with Crippen LogP contribution in [0.4, 0.5) is 0 Å². The summed E-state index contributed by atoms with van der Waals surface area (Å²) >= 11 is 0. The van der Waals surface area contributed by atoms with Gasteiger partial charge in [-0.05, 0) is 44.2 Å². The molecule has 0 fully saturated rings. The Bertz CT molecular complexity index is 767. The van der Waals surface area contributed by atoms with Gasteiger partial charge in [-0.1, -0.05) is 0 Å². The van der Waals surface area contributed by atoms with E-state index in [0.717, 1.165) is 19.1 Å². The molecular formula is C16H12O6. The minimum Gasteiger partial charge on any atom is -0.507 e. The molecular weight excluding hydrogens is 288 g/mol. The third kappa shape index (κ3) is 2.85. The van der Waals surface area contributed by atoms with Crippen molar-refractivity contribution >= 4 is 23.1 Å². The van der Waals surface area contributed by atoms with E-state index in [-0.39, 0.29) is 28.4 Å². The summed E-state index contributed by atoms with van der Waals surface area (Å²) in [6.45, 7) is 2.41. The van der Waals surface area contributed by atoms with E-state index in [4.69, 9.17) is 4.74 Å². The highest BCUT2D eigenvalue weighted by Crippen LogP contribution is 2.26. The molecule has 0 amide bonds. The Balaban J connectivity index is 2.48. The van der Waals surface area contributed by atoms with E-state index in [1.54, 1.807) is 0 Å². The zero-order chi connectivity index (χ0) is 16.4. The van der Waals surface area contributed by atoms with Crippen LogP contribution in [0.25, 0.3) is 0 Å². The first-order valence-corrected chi connectivity index (χ1v) is 6.35. The number of benzene rings is 1. The normalized spacial score (nSPS) is 14.3. The van der Waals surface area contributed by atoms with E-state index < -0.39 is 23.1 Å². The van der Waals surface area contributed by atoms with E-state index in [1.807, 2.05) is 0 Å². The van der Waals surface area contributed by atoms with Crippen LogP contribution < -0.4 is 4.74 Å². The maximum atomic E-state index is 11.9. The monoisotopic (exact) mass is 300 g/mol. The molecule has 0 radical (unpaired) electrons. The lowest BCUT2D eigenvalue weighted by Gasteiger charge is -2.14. The highest BCUT2D eigenvalue weighted by atomic mass is 16.5. The second-order valence-electron chi connectivity index (χ2n) is 4.66. The molecule has 1 aromatic rings. The predicted molar refractivity (Wildman–Crippen MR) is 75.6 cm³/mol. The number of Topliss-reactive ketones (excluding diaryl/α,β-unsaturated/α-hetero) is 2. The molecule has 0 saturated carbocycles. The molecule has 1 aliphatic carbocycles. The number of allylic oxidation sites excluding steroid dienone is 3. The Labute approximate surface area is 125 Å². The Kier molecular flexibility index (Phi) is 4.03. The number of hydrogen-bond acceptors (Lipinski definition) is 6. The highest BCUT2D eigenvalue weighted by Gasteiger charge is 2.28. The molecule has 0 heterocycles. The lowest BCUT2D eigenvalue weighted by Crippen LogP contribution is -2.22. The molecule has 0 bridgehead atoms. The molecule has 112 valence electrons. The summed E-state index contributed by atoms with van der Waals surface area (Å²) in [5.74, 6) is -2.78. The van der Waals surface area contributed by atoms with Gasteiger partial charge in [0.25, 0.3) is 0 Å². The molecule has 0 aliphatic heterocycles. The van der Waals surface area contributed by atoms with Crippen LogP contribution in [0.5, 0.6) is 11.5 Å². The zero-order valence-corrected chi connectivity index (χ0v) is 11.9. The second kappa shape index (κ2) is 5.77. The molecule has 0 aromatic heterocycles. The van der Waals surface area contributed by atoms with E-state index in [2.05, 4.69) is 0 Å². The molecule has 6 heteroatoms. The van der Waals surface area contributed by atoms with Gasteiger partial charge in [-0.3, -0.25) is 19.2 Å². The van der Waals surface area contributed by atoms with Gasteiger partial charge >= 0.3 is 0 Å². The van der Waals surface area contributed by atoms with E-state index in [9.17, 15) is 24.3 Å². The lowest BCUT2D eigenvalue weighted by atomic mass is 9.98. The molecule has 22 heavy (non-hydrogen) atoms. The largest absolute Gasteiger partial charge is 0.507 e. The fourth-order valence-corrected chi connectivity index (χ4v) is 1.96. The van der Waals surface area contributed by atoms with Gasteiger partial charge in [0.2, 0.25) is 5.78 Å². The average Bonchev–Trinajstić information content (AvgIpc) is 2.44. The molecule has 1 aliphatic rings. The summed E-state index contributed by atoms with van der Waals surface area (Å²) < 4.78 is 5.33. The number of carbonyl (C=O) groups excluding carboxylic acids is 4. The predicted octanol–water partition coefficient (Wildman–Crippen LogP) is 1.52. The Morgan fingerprint density at radius 1 is 1.00 bits per heavy atom. The topological polar surface area (TPSA) is 97.7 Å². The van der Waals surface area contributed by atoms with Crippen molar-refractivity contribution in [3.05, 3.63) is 47.2 Å². The van der Waals surface area contributed by atoms with E-state index in [1.165, 1.54) is 25.1 Å². The van der Waals surface area contributed by atoms with Gasteiger partial charge in [0, 0.05) is 0 Å². The zero-order valence-electron chi connectivity index (χ0n) is 11.9.